The highest BCUT2D eigenvalue weighted by Crippen LogP contribution is 2.26. The van der Waals surface area contributed by atoms with Crippen LogP contribution in [0.2, 0.25) is 0 Å². The Hall–Kier alpha value is -4.82. The summed E-state index contributed by atoms with van der Waals surface area (Å²) in [4.78, 5) is 52.6. The number of aromatic nitrogens is 5. The number of fused-ring (bicyclic) bond motifs is 1. The molecule has 1 aliphatic heterocycles. The number of nitrogen functional groups attached to an aromatic ring is 1. The van der Waals surface area contributed by atoms with Gasteiger partial charge in [-0.05, 0) is 37.0 Å². The molecule has 4 aromatic rings. The van der Waals surface area contributed by atoms with Gasteiger partial charge in [0.2, 0.25) is 11.8 Å². The summed E-state index contributed by atoms with van der Waals surface area (Å²) in [5.74, 6) is -1.31. The van der Waals surface area contributed by atoms with Crippen LogP contribution in [0.4, 0.5) is 5.82 Å². The number of hydrogen-bond donors (Lipinski definition) is 3. The zero-order chi connectivity index (χ0) is 30.5. The lowest BCUT2D eigenvalue weighted by molar-refractivity contribution is -0.135. The van der Waals surface area contributed by atoms with Gasteiger partial charge in [0.15, 0.2) is 0 Å². The molecule has 1 aliphatic rings. The Labute approximate surface area is 246 Å². The third kappa shape index (κ3) is 6.49. The number of pyridine rings is 1. The summed E-state index contributed by atoms with van der Waals surface area (Å²) in [5, 5.41) is 6.65. The van der Waals surface area contributed by atoms with E-state index in [1.807, 2.05) is 24.4 Å². The first kappa shape index (κ1) is 29.7. The predicted octanol–water partition coefficient (Wildman–Crippen LogP) is 0.923. The van der Waals surface area contributed by atoms with Gasteiger partial charge >= 0.3 is 5.69 Å². The Kier molecular flexibility index (Phi) is 8.97. The van der Waals surface area contributed by atoms with Crippen LogP contribution in [0.25, 0.3) is 22.2 Å². The summed E-state index contributed by atoms with van der Waals surface area (Å²) < 4.78 is 16.2. The maximum Gasteiger partial charge on any atom is 0.329 e. The minimum absolute atomic E-state index is 0.0882. The number of imidazole rings is 1. The molecule has 43 heavy (non-hydrogen) atoms. The maximum atomic E-state index is 13.1. The van der Waals surface area contributed by atoms with Gasteiger partial charge in [0, 0.05) is 43.6 Å². The standard InChI is InChI=1S/C29H34N8O6/c1-35-25-18(4-2-6-22(25)37(29(35)41)23-7-8-24(38)34-28(23)40)5-3-10-42-12-13-43-11-9-36-17-20(16-33-36)19-14-21(27(31)39)26(30)32-15-19/h2,4,6,14-17,23H,3,5,7-13H2,1H3,(H2,30,32)(H2,31,39)(H,34,38,40). The van der Waals surface area contributed by atoms with Crippen molar-refractivity contribution in [3.8, 4) is 11.1 Å². The van der Waals surface area contributed by atoms with Crippen molar-refractivity contribution in [1.82, 2.24) is 29.2 Å². The molecule has 4 heterocycles. The lowest BCUT2D eigenvalue weighted by atomic mass is 10.0. The topological polar surface area (TPSA) is 191 Å². The largest absolute Gasteiger partial charge is 0.383 e. The molecule has 5 rings (SSSR count). The van der Waals surface area contributed by atoms with Crippen LogP contribution >= 0.6 is 0 Å². The number of ether oxygens (including phenoxy) is 2. The van der Waals surface area contributed by atoms with Gasteiger partial charge in [0.1, 0.15) is 11.9 Å². The molecule has 1 fully saturated rings. The zero-order valence-electron chi connectivity index (χ0n) is 23.8. The van der Waals surface area contributed by atoms with Crippen molar-refractivity contribution in [2.45, 2.75) is 38.3 Å². The van der Waals surface area contributed by atoms with Crippen molar-refractivity contribution < 1.29 is 23.9 Å². The van der Waals surface area contributed by atoms with Crippen LogP contribution in [0.15, 0.2) is 47.7 Å². The number of aryl methyl sites for hydroxylation is 2. The highest BCUT2D eigenvalue weighted by atomic mass is 16.5. The van der Waals surface area contributed by atoms with Gasteiger partial charge in [-0.25, -0.2) is 9.78 Å². The number of nitrogens with one attached hydrogen (secondary N) is 1. The number of carbonyl (C=O) groups is 3. The average Bonchev–Trinajstić information content (AvgIpc) is 3.55. The van der Waals surface area contributed by atoms with Gasteiger partial charge in [0.25, 0.3) is 5.91 Å². The number of primary amides is 1. The molecule has 0 radical (unpaired) electrons. The van der Waals surface area contributed by atoms with Crippen LogP contribution in [0.5, 0.6) is 0 Å². The minimum atomic E-state index is -0.708. The molecule has 1 aromatic carbocycles. The highest BCUT2D eigenvalue weighted by molar-refractivity contribution is 6.00. The van der Waals surface area contributed by atoms with Crippen molar-refractivity contribution in [3.05, 3.63) is 64.5 Å². The summed E-state index contributed by atoms with van der Waals surface area (Å²) in [6.45, 7) is 2.36. The van der Waals surface area contributed by atoms with Crippen LogP contribution in [0, 0.1) is 0 Å². The van der Waals surface area contributed by atoms with Crippen molar-refractivity contribution >= 4 is 34.6 Å². The zero-order valence-corrected chi connectivity index (χ0v) is 23.8. The van der Waals surface area contributed by atoms with Crippen LogP contribution in [0.1, 0.15) is 41.2 Å². The first-order valence-corrected chi connectivity index (χ1v) is 14.0. The smallest absolute Gasteiger partial charge is 0.329 e. The van der Waals surface area contributed by atoms with E-state index in [0.29, 0.717) is 56.9 Å². The summed E-state index contributed by atoms with van der Waals surface area (Å²) >= 11 is 0. The first-order chi connectivity index (χ1) is 20.7. The lowest BCUT2D eigenvalue weighted by Gasteiger charge is -2.21. The summed E-state index contributed by atoms with van der Waals surface area (Å²) in [7, 11) is 1.70. The van der Waals surface area contributed by atoms with E-state index in [2.05, 4.69) is 15.4 Å². The fourth-order valence-electron chi connectivity index (χ4n) is 5.26. The number of anilines is 1. The third-order valence-corrected chi connectivity index (χ3v) is 7.43. The number of para-hydroxylation sites is 1. The quantitative estimate of drug-likeness (QED) is 0.150. The minimum Gasteiger partial charge on any atom is -0.383 e. The number of carbonyl (C=O) groups excluding carboxylic acids is 3. The van der Waals surface area contributed by atoms with Gasteiger partial charge < -0.3 is 20.9 Å². The number of rotatable bonds is 13. The van der Waals surface area contributed by atoms with Gasteiger partial charge in [0.05, 0.1) is 49.2 Å². The summed E-state index contributed by atoms with van der Waals surface area (Å²) in [6.07, 6.45) is 6.99. The van der Waals surface area contributed by atoms with Crippen molar-refractivity contribution in [1.29, 1.82) is 0 Å². The number of benzene rings is 1. The summed E-state index contributed by atoms with van der Waals surface area (Å²) in [6, 6.07) is 6.57. The molecule has 0 spiro atoms. The fraction of sp³-hybridized carbons (Fsp3) is 0.379. The molecular formula is C29H34N8O6. The molecule has 5 N–H and O–H groups in total. The molecule has 14 nitrogen and oxygen atoms in total. The van der Waals surface area contributed by atoms with E-state index in [0.717, 1.165) is 23.1 Å². The van der Waals surface area contributed by atoms with Crippen LogP contribution < -0.4 is 22.5 Å². The number of piperidine rings is 1. The number of hydrogen-bond acceptors (Lipinski definition) is 9. The summed E-state index contributed by atoms with van der Waals surface area (Å²) in [5.41, 5.74) is 14.9. The molecule has 0 saturated carbocycles. The highest BCUT2D eigenvalue weighted by Gasteiger charge is 2.31. The molecule has 14 heteroatoms. The average molecular weight is 591 g/mol. The van der Waals surface area contributed by atoms with E-state index < -0.39 is 17.9 Å². The van der Waals surface area contributed by atoms with E-state index in [1.165, 1.54) is 4.57 Å². The molecule has 1 unspecified atom stereocenters. The number of amides is 3. The Morgan fingerprint density at radius 3 is 2.65 bits per heavy atom. The molecule has 1 atom stereocenters. The van der Waals surface area contributed by atoms with E-state index in [9.17, 15) is 19.2 Å². The van der Waals surface area contributed by atoms with Crippen LogP contribution in [-0.2, 0) is 39.1 Å². The SMILES string of the molecule is Cn1c(=O)n(C2CCC(=O)NC2=O)c2cccc(CCCOCCOCCn3cc(-c4cnc(N)c(C(N)=O)c4)cn3)c21. The van der Waals surface area contributed by atoms with Crippen molar-refractivity contribution in [3.63, 3.8) is 0 Å². The molecule has 0 aliphatic carbocycles. The lowest BCUT2D eigenvalue weighted by Crippen LogP contribution is -2.44. The second-order valence-electron chi connectivity index (χ2n) is 10.3. The van der Waals surface area contributed by atoms with Gasteiger partial charge in [-0.1, -0.05) is 12.1 Å². The van der Waals surface area contributed by atoms with E-state index in [1.54, 1.807) is 34.8 Å². The number of nitrogens with zero attached hydrogens (tertiary/aromatic N) is 5. The maximum absolute atomic E-state index is 13.1. The van der Waals surface area contributed by atoms with E-state index in [-0.39, 0.29) is 29.4 Å². The molecule has 1 saturated heterocycles. The number of imide groups is 1. The second-order valence-corrected chi connectivity index (χ2v) is 10.3. The van der Waals surface area contributed by atoms with Crippen molar-refractivity contribution in [2.24, 2.45) is 12.8 Å². The monoisotopic (exact) mass is 590 g/mol. The van der Waals surface area contributed by atoms with Crippen molar-refractivity contribution in [2.75, 3.05) is 32.2 Å². The van der Waals surface area contributed by atoms with Gasteiger partial charge in [-0.15, -0.1) is 0 Å². The molecule has 3 aromatic heterocycles. The Bertz CT molecular complexity index is 1720. The van der Waals surface area contributed by atoms with E-state index in [4.69, 9.17) is 20.9 Å². The van der Waals surface area contributed by atoms with Crippen LogP contribution in [0.3, 0.4) is 0 Å². The predicted molar refractivity (Wildman–Crippen MR) is 157 cm³/mol. The van der Waals surface area contributed by atoms with Gasteiger partial charge in [-0.2, -0.15) is 5.10 Å². The fourth-order valence-corrected chi connectivity index (χ4v) is 5.26. The Balaban J connectivity index is 1.05. The normalized spacial score (nSPS) is 15.2. The Morgan fingerprint density at radius 2 is 1.88 bits per heavy atom. The molecule has 0 bridgehead atoms. The molecule has 226 valence electrons. The van der Waals surface area contributed by atoms with Gasteiger partial charge in [-0.3, -0.25) is 33.5 Å². The molecule has 3 amide bonds. The number of nitrogens with two attached hydrogens (primary N) is 2. The third-order valence-electron chi connectivity index (χ3n) is 7.43. The van der Waals surface area contributed by atoms with Crippen LogP contribution in [-0.4, -0.2) is 68.0 Å². The van der Waals surface area contributed by atoms with E-state index >= 15 is 0 Å². The first-order valence-electron chi connectivity index (χ1n) is 14.0. The second kappa shape index (κ2) is 13.0. The molecular weight excluding hydrogens is 556 g/mol. The Morgan fingerprint density at radius 1 is 1.09 bits per heavy atom.